The third-order valence-corrected chi connectivity index (χ3v) is 4.84. The van der Waals surface area contributed by atoms with Crippen LogP contribution in [0.3, 0.4) is 0 Å². The maximum absolute atomic E-state index is 12.6. The van der Waals surface area contributed by atoms with E-state index in [1.807, 2.05) is 0 Å². The molecular weight excluding hydrogens is 495 g/mol. The van der Waals surface area contributed by atoms with Gasteiger partial charge < -0.3 is 15.4 Å². The molecule has 0 fully saturated rings. The maximum Gasteiger partial charge on any atom is 0.270 e. The van der Waals surface area contributed by atoms with Crippen molar-refractivity contribution in [3.63, 3.8) is 0 Å². The van der Waals surface area contributed by atoms with E-state index in [1.165, 1.54) is 30.3 Å². The quantitative estimate of drug-likeness (QED) is 0.178. The van der Waals surface area contributed by atoms with E-state index in [9.17, 15) is 25.0 Å². The van der Waals surface area contributed by atoms with Gasteiger partial charge in [-0.1, -0.05) is 41.4 Å². The van der Waals surface area contributed by atoms with Crippen molar-refractivity contribution in [2.24, 2.45) is 0 Å². The zero-order valence-corrected chi connectivity index (χ0v) is 19.3. The van der Waals surface area contributed by atoms with Crippen molar-refractivity contribution in [3.05, 3.63) is 98.0 Å². The number of carbonyl (C=O) groups is 2. The topological polar surface area (TPSA) is 134 Å². The first-order chi connectivity index (χ1) is 16.7. The Bertz CT molecular complexity index is 1330. The number of nitrogens with zero attached hydrogens (tertiary/aromatic N) is 2. The number of rotatable bonds is 8. The molecule has 0 saturated carbocycles. The van der Waals surface area contributed by atoms with E-state index in [-0.39, 0.29) is 38.3 Å². The summed E-state index contributed by atoms with van der Waals surface area (Å²) in [7, 11) is 0. The van der Waals surface area contributed by atoms with Crippen LogP contribution in [0.25, 0.3) is 6.08 Å². The van der Waals surface area contributed by atoms with Gasteiger partial charge in [0, 0.05) is 39.1 Å². The number of nitriles is 1. The number of amides is 2. The lowest BCUT2D eigenvalue weighted by Crippen LogP contribution is -2.20. The van der Waals surface area contributed by atoms with Crippen LogP contribution in [0.1, 0.15) is 5.56 Å². The molecule has 0 aliphatic carbocycles. The Morgan fingerprint density at radius 1 is 1.00 bits per heavy atom. The maximum atomic E-state index is 12.6. The number of nitrogens with one attached hydrogen (secondary N) is 2. The van der Waals surface area contributed by atoms with Crippen molar-refractivity contribution in [2.75, 3.05) is 17.2 Å². The first-order valence-electron chi connectivity index (χ1n) is 9.90. The number of nitro groups is 1. The van der Waals surface area contributed by atoms with E-state index in [0.29, 0.717) is 5.69 Å². The lowest BCUT2D eigenvalue weighted by molar-refractivity contribution is -0.384. The van der Waals surface area contributed by atoms with Crippen molar-refractivity contribution < 1.29 is 19.2 Å². The number of para-hydroxylation sites is 1. The minimum absolute atomic E-state index is 0.0579. The summed E-state index contributed by atoms with van der Waals surface area (Å²) in [5, 5.41) is 26.5. The summed E-state index contributed by atoms with van der Waals surface area (Å²) in [4.78, 5) is 35.5. The zero-order valence-electron chi connectivity index (χ0n) is 17.8. The zero-order chi connectivity index (χ0) is 25.4. The molecule has 0 saturated heterocycles. The molecule has 0 aromatic heterocycles. The van der Waals surface area contributed by atoms with Gasteiger partial charge in [0.2, 0.25) is 0 Å². The third-order valence-electron chi connectivity index (χ3n) is 4.41. The molecule has 3 aromatic carbocycles. The van der Waals surface area contributed by atoms with Crippen molar-refractivity contribution in [1.82, 2.24) is 0 Å². The molecule has 2 N–H and O–H groups in total. The van der Waals surface area contributed by atoms with E-state index < -0.39 is 23.3 Å². The minimum Gasteiger partial charge on any atom is -0.483 e. The van der Waals surface area contributed by atoms with E-state index in [0.717, 1.165) is 12.1 Å². The number of carbonyl (C=O) groups excluding carboxylic acids is 2. The number of non-ortho nitro benzene ring substituents is 1. The molecule has 0 aliphatic rings. The average Bonchev–Trinajstić information content (AvgIpc) is 2.81. The van der Waals surface area contributed by atoms with Crippen LogP contribution in [0, 0.1) is 21.4 Å². The van der Waals surface area contributed by atoms with E-state index in [4.69, 9.17) is 27.9 Å². The molecule has 0 heterocycles. The molecule has 176 valence electrons. The van der Waals surface area contributed by atoms with Gasteiger partial charge in [-0.05, 0) is 42.5 Å². The molecule has 0 spiro atoms. The van der Waals surface area contributed by atoms with Gasteiger partial charge in [-0.2, -0.15) is 5.26 Å². The fourth-order valence-corrected chi connectivity index (χ4v) is 3.41. The highest BCUT2D eigenvalue weighted by Crippen LogP contribution is 2.27. The fraction of sp³-hybridized carbons (Fsp3) is 0.0417. The second kappa shape index (κ2) is 11.7. The highest BCUT2D eigenvalue weighted by molar-refractivity contribution is 6.35. The first-order valence-corrected chi connectivity index (χ1v) is 10.7. The Morgan fingerprint density at radius 2 is 1.69 bits per heavy atom. The van der Waals surface area contributed by atoms with E-state index in [1.54, 1.807) is 36.4 Å². The van der Waals surface area contributed by atoms with Gasteiger partial charge in [0.05, 0.1) is 4.92 Å². The van der Waals surface area contributed by atoms with Gasteiger partial charge in [-0.15, -0.1) is 0 Å². The number of anilines is 2. The lowest BCUT2D eigenvalue weighted by atomic mass is 10.1. The summed E-state index contributed by atoms with van der Waals surface area (Å²) in [5.41, 5.74) is 0.204. The second-order valence-electron chi connectivity index (χ2n) is 6.96. The van der Waals surface area contributed by atoms with Crippen LogP contribution >= 0.6 is 23.2 Å². The first kappa shape index (κ1) is 25.2. The van der Waals surface area contributed by atoms with Crippen LogP contribution < -0.4 is 15.4 Å². The molecule has 11 heteroatoms. The molecule has 2 amide bonds. The predicted octanol–water partition coefficient (Wildman–Crippen LogP) is 5.46. The standard InChI is InChI=1S/C24H16Cl2N4O5/c25-17-10-18(26)12-20(11-17)29-24(32)16(13-27)8-15-9-21(30(33)34)6-7-22(15)35-14-23(31)28-19-4-2-1-3-5-19/h1-12H,14H2,(H,28,31)(H,29,32). The van der Waals surface area contributed by atoms with Gasteiger partial charge in [-0.3, -0.25) is 19.7 Å². The molecule has 0 radical (unpaired) electrons. The van der Waals surface area contributed by atoms with Gasteiger partial charge in [0.15, 0.2) is 6.61 Å². The summed E-state index contributed by atoms with van der Waals surface area (Å²) >= 11 is 11.9. The van der Waals surface area contributed by atoms with Gasteiger partial charge in [-0.25, -0.2) is 0 Å². The van der Waals surface area contributed by atoms with Crippen LogP contribution in [0.15, 0.2) is 72.3 Å². The Morgan fingerprint density at radius 3 is 2.31 bits per heavy atom. The van der Waals surface area contributed by atoms with Gasteiger partial charge >= 0.3 is 0 Å². The van der Waals surface area contributed by atoms with Crippen molar-refractivity contribution in [1.29, 1.82) is 5.26 Å². The van der Waals surface area contributed by atoms with Gasteiger partial charge in [0.25, 0.3) is 17.5 Å². The number of ether oxygens (including phenoxy) is 1. The van der Waals surface area contributed by atoms with Crippen molar-refractivity contribution >= 4 is 58.2 Å². The number of nitro benzene ring substituents is 1. The van der Waals surface area contributed by atoms with Crippen molar-refractivity contribution in [3.8, 4) is 11.8 Å². The number of hydrogen-bond donors (Lipinski definition) is 2. The molecule has 0 unspecified atom stereocenters. The number of halogens is 2. The van der Waals surface area contributed by atoms with Crippen LogP contribution in [-0.4, -0.2) is 23.3 Å². The molecule has 0 atom stereocenters. The molecule has 35 heavy (non-hydrogen) atoms. The monoisotopic (exact) mass is 510 g/mol. The summed E-state index contributed by atoms with van der Waals surface area (Å²) in [5.74, 6) is -1.21. The Balaban J connectivity index is 1.83. The predicted molar refractivity (Wildman–Crippen MR) is 132 cm³/mol. The Hall–Kier alpha value is -4.39. The largest absolute Gasteiger partial charge is 0.483 e. The Kier molecular flexibility index (Phi) is 8.40. The smallest absolute Gasteiger partial charge is 0.270 e. The van der Waals surface area contributed by atoms with Crippen LogP contribution in [0.2, 0.25) is 10.0 Å². The van der Waals surface area contributed by atoms with Crippen LogP contribution in [-0.2, 0) is 9.59 Å². The molecule has 9 nitrogen and oxygen atoms in total. The molecule has 3 aromatic rings. The highest BCUT2D eigenvalue weighted by atomic mass is 35.5. The normalized spacial score (nSPS) is 10.7. The summed E-state index contributed by atoms with van der Waals surface area (Å²) in [6.07, 6.45) is 1.12. The average molecular weight is 511 g/mol. The summed E-state index contributed by atoms with van der Waals surface area (Å²) in [6, 6.07) is 18.4. The SMILES string of the molecule is N#CC(=Cc1cc([N+](=O)[O-])ccc1OCC(=O)Nc1ccccc1)C(=O)Nc1cc(Cl)cc(Cl)c1. The number of hydrogen-bond acceptors (Lipinski definition) is 6. The lowest BCUT2D eigenvalue weighted by Gasteiger charge is -2.11. The molecule has 0 bridgehead atoms. The Labute approximate surface area is 209 Å². The van der Waals surface area contributed by atoms with Crippen LogP contribution in [0.4, 0.5) is 17.1 Å². The highest BCUT2D eigenvalue weighted by Gasteiger charge is 2.16. The van der Waals surface area contributed by atoms with Crippen molar-refractivity contribution in [2.45, 2.75) is 0 Å². The molecular formula is C24H16Cl2N4O5. The summed E-state index contributed by atoms with van der Waals surface area (Å²) < 4.78 is 5.53. The summed E-state index contributed by atoms with van der Waals surface area (Å²) in [6.45, 7) is -0.414. The molecule has 3 rings (SSSR count). The van der Waals surface area contributed by atoms with Gasteiger partial charge in [0.1, 0.15) is 17.4 Å². The van der Waals surface area contributed by atoms with E-state index in [2.05, 4.69) is 10.6 Å². The fourth-order valence-electron chi connectivity index (χ4n) is 2.88. The number of benzene rings is 3. The van der Waals surface area contributed by atoms with Crippen LogP contribution in [0.5, 0.6) is 5.75 Å². The molecule has 0 aliphatic heterocycles. The van der Waals surface area contributed by atoms with E-state index >= 15 is 0 Å². The third kappa shape index (κ3) is 7.30. The minimum atomic E-state index is -0.801. The second-order valence-corrected chi connectivity index (χ2v) is 7.84.